The monoisotopic (exact) mass is 382 g/mol. The third-order valence-electron chi connectivity index (χ3n) is 4.00. The van der Waals surface area contributed by atoms with Crippen LogP contribution in [0, 0.1) is 0 Å². The molecule has 0 bridgehead atoms. The lowest BCUT2D eigenvalue weighted by molar-refractivity contribution is -0.132. The van der Waals surface area contributed by atoms with Crippen LogP contribution in [0.1, 0.15) is 56.0 Å². The van der Waals surface area contributed by atoms with E-state index in [-0.39, 0.29) is 39.3 Å². The molecule has 0 aromatic heterocycles. The maximum atomic E-state index is 13.2. The van der Waals surface area contributed by atoms with Gasteiger partial charge in [-0.2, -0.15) is 0 Å². The highest BCUT2D eigenvalue weighted by atomic mass is 16.5. The number of carbonyl (C=O) groups excluding carboxylic acids is 5. The molecule has 3 rings (SSSR count). The molecule has 0 heterocycles. The first-order chi connectivity index (χ1) is 13.2. The standard InChI is InChI=1S/C20H14O8/c1-9(21)27-14-6-4-5-12-16(14)19(24)17-13(18(12)23)7-11(20(25)26-3)8-15(17)28-10(2)22/h4-8H,1-3H3. The van der Waals surface area contributed by atoms with Crippen molar-refractivity contribution in [2.24, 2.45) is 0 Å². The van der Waals surface area contributed by atoms with E-state index < -0.39 is 29.5 Å². The van der Waals surface area contributed by atoms with E-state index >= 15 is 0 Å². The van der Waals surface area contributed by atoms with Gasteiger partial charge in [0.25, 0.3) is 0 Å². The third kappa shape index (κ3) is 3.16. The summed E-state index contributed by atoms with van der Waals surface area (Å²) in [6.45, 7) is 2.28. The Bertz CT molecular complexity index is 1060. The lowest BCUT2D eigenvalue weighted by atomic mass is 9.82. The lowest BCUT2D eigenvalue weighted by Crippen LogP contribution is -2.24. The van der Waals surface area contributed by atoms with Crippen LogP contribution in [0.2, 0.25) is 0 Å². The van der Waals surface area contributed by atoms with Crippen LogP contribution in [0.4, 0.5) is 0 Å². The molecule has 0 spiro atoms. The Morgan fingerprint density at radius 1 is 0.786 bits per heavy atom. The van der Waals surface area contributed by atoms with Crippen molar-refractivity contribution < 1.29 is 38.2 Å². The molecular formula is C20H14O8. The Labute approximate surface area is 159 Å². The van der Waals surface area contributed by atoms with Gasteiger partial charge in [-0.15, -0.1) is 0 Å². The van der Waals surface area contributed by atoms with Gasteiger partial charge in [-0.05, 0) is 18.2 Å². The number of benzene rings is 2. The van der Waals surface area contributed by atoms with Crippen molar-refractivity contribution in [1.29, 1.82) is 0 Å². The first-order valence-corrected chi connectivity index (χ1v) is 8.10. The number of methoxy groups -OCH3 is 1. The molecule has 2 aromatic carbocycles. The minimum absolute atomic E-state index is 0.00652. The molecule has 0 amide bonds. The molecule has 8 nitrogen and oxygen atoms in total. The number of rotatable bonds is 3. The zero-order valence-corrected chi connectivity index (χ0v) is 15.2. The van der Waals surface area contributed by atoms with Gasteiger partial charge in [0, 0.05) is 25.0 Å². The quantitative estimate of drug-likeness (QED) is 0.500. The van der Waals surface area contributed by atoms with Gasteiger partial charge in [-0.1, -0.05) is 12.1 Å². The highest BCUT2D eigenvalue weighted by Gasteiger charge is 2.36. The average molecular weight is 382 g/mol. The van der Waals surface area contributed by atoms with E-state index in [1.165, 1.54) is 24.3 Å². The molecule has 0 aliphatic heterocycles. The molecule has 28 heavy (non-hydrogen) atoms. The zero-order chi connectivity index (χ0) is 20.6. The minimum Gasteiger partial charge on any atom is -0.465 e. The van der Waals surface area contributed by atoms with Crippen molar-refractivity contribution in [3.63, 3.8) is 0 Å². The number of hydrogen-bond acceptors (Lipinski definition) is 8. The van der Waals surface area contributed by atoms with Crippen LogP contribution in [-0.2, 0) is 14.3 Å². The van der Waals surface area contributed by atoms with Crippen molar-refractivity contribution in [2.45, 2.75) is 13.8 Å². The molecule has 0 saturated heterocycles. The Morgan fingerprint density at radius 2 is 1.39 bits per heavy atom. The average Bonchev–Trinajstić information content (AvgIpc) is 2.63. The molecule has 1 aliphatic rings. The summed E-state index contributed by atoms with van der Waals surface area (Å²) in [6, 6.07) is 6.60. The zero-order valence-electron chi connectivity index (χ0n) is 15.2. The summed E-state index contributed by atoms with van der Waals surface area (Å²) in [5, 5.41) is 0. The molecular weight excluding hydrogens is 368 g/mol. The fourth-order valence-electron chi connectivity index (χ4n) is 2.96. The minimum atomic E-state index is -0.768. The SMILES string of the molecule is COC(=O)c1cc(OC(C)=O)c2c(c1)C(=O)c1cccc(OC(C)=O)c1C2=O. The fourth-order valence-corrected chi connectivity index (χ4v) is 2.96. The van der Waals surface area contributed by atoms with Gasteiger partial charge in [0.05, 0.1) is 23.8 Å². The van der Waals surface area contributed by atoms with Gasteiger partial charge in [-0.3, -0.25) is 19.2 Å². The normalized spacial score (nSPS) is 12.0. The van der Waals surface area contributed by atoms with E-state index in [2.05, 4.69) is 4.74 Å². The Kier molecular flexibility index (Phi) is 4.79. The lowest BCUT2D eigenvalue weighted by Gasteiger charge is -2.22. The van der Waals surface area contributed by atoms with E-state index in [1.54, 1.807) is 0 Å². The van der Waals surface area contributed by atoms with Gasteiger partial charge in [0.15, 0.2) is 5.78 Å². The second-order valence-corrected chi connectivity index (χ2v) is 5.91. The van der Waals surface area contributed by atoms with Crippen molar-refractivity contribution in [2.75, 3.05) is 7.11 Å². The Balaban J connectivity index is 2.29. The predicted octanol–water partition coefficient (Wildman–Crippen LogP) is 2.10. The number of carbonyl (C=O) groups is 5. The van der Waals surface area contributed by atoms with Gasteiger partial charge in [0.1, 0.15) is 11.5 Å². The number of esters is 3. The highest BCUT2D eigenvalue weighted by Crippen LogP contribution is 2.38. The van der Waals surface area contributed by atoms with Crippen LogP contribution >= 0.6 is 0 Å². The molecule has 8 heteroatoms. The van der Waals surface area contributed by atoms with Crippen LogP contribution in [-0.4, -0.2) is 36.6 Å². The summed E-state index contributed by atoms with van der Waals surface area (Å²) < 4.78 is 14.8. The van der Waals surface area contributed by atoms with Gasteiger partial charge in [-0.25, -0.2) is 4.79 Å². The van der Waals surface area contributed by atoms with E-state index in [9.17, 15) is 24.0 Å². The van der Waals surface area contributed by atoms with Crippen LogP contribution < -0.4 is 9.47 Å². The van der Waals surface area contributed by atoms with Gasteiger partial charge < -0.3 is 14.2 Å². The third-order valence-corrected chi connectivity index (χ3v) is 4.00. The second-order valence-electron chi connectivity index (χ2n) is 5.91. The number of ketones is 2. The van der Waals surface area contributed by atoms with Crippen LogP contribution in [0.25, 0.3) is 0 Å². The summed E-state index contributed by atoms with van der Waals surface area (Å²) in [6.07, 6.45) is 0. The summed E-state index contributed by atoms with van der Waals surface area (Å²) in [4.78, 5) is 60.9. The first-order valence-electron chi connectivity index (χ1n) is 8.10. The van der Waals surface area contributed by atoms with Crippen molar-refractivity contribution >= 4 is 29.5 Å². The van der Waals surface area contributed by atoms with E-state index in [0.29, 0.717) is 0 Å². The number of ether oxygens (including phenoxy) is 3. The van der Waals surface area contributed by atoms with Crippen LogP contribution in [0.15, 0.2) is 30.3 Å². The summed E-state index contributed by atoms with van der Waals surface area (Å²) in [7, 11) is 1.15. The highest BCUT2D eigenvalue weighted by molar-refractivity contribution is 6.30. The maximum Gasteiger partial charge on any atom is 0.338 e. The van der Waals surface area contributed by atoms with E-state index in [0.717, 1.165) is 27.0 Å². The summed E-state index contributed by atoms with van der Waals surface area (Å²) in [5.74, 6) is -3.78. The molecule has 0 fully saturated rings. The molecule has 0 N–H and O–H groups in total. The van der Waals surface area contributed by atoms with Crippen molar-refractivity contribution in [3.8, 4) is 11.5 Å². The summed E-state index contributed by atoms with van der Waals surface area (Å²) in [5.41, 5.74) is -0.476. The van der Waals surface area contributed by atoms with Crippen molar-refractivity contribution in [1.82, 2.24) is 0 Å². The molecule has 2 aromatic rings. The van der Waals surface area contributed by atoms with E-state index in [1.807, 2.05) is 0 Å². The predicted molar refractivity (Wildman–Crippen MR) is 93.7 cm³/mol. The largest absolute Gasteiger partial charge is 0.465 e. The Hall–Kier alpha value is -3.81. The molecule has 0 radical (unpaired) electrons. The molecule has 1 aliphatic carbocycles. The second kappa shape index (κ2) is 7.07. The van der Waals surface area contributed by atoms with Gasteiger partial charge >= 0.3 is 17.9 Å². The molecule has 142 valence electrons. The molecule has 0 saturated carbocycles. The van der Waals surface area contributed by atoms with Crippen molar-refractivity contribution in [3.05, 3.63) is 58.1 Å². The smallest absolute Gasteiger partial charge is 0.338 e. The number of fused-ring (bicyclic) bond motifs is 2. The van der Waals surface area contributed by atoms with Crippen LogP contribution in [0.3, 0.4) is 0 Å². The van der Waals surface area contributed by atoms with Crippen LogP contribution in [0.5, 0.6) is 11.5 Å². The summed E-state index contributed by atoms with van der Waals surface area (Å²) >= 11 is 0. The first kappa shape index (κ1) is 19.0. The topological polar surface area (TPSA) is 113 Å². The maximum absolute atomic E-state index is 13.2. The number of hydrogen-bond donors (Lipinski definition) is 0. The fraction of sp³-hybridized carbons (Fsp3) is 0.150. The Morgan fingerprint density at radius 3 is 2.00 bits per heavy atom. The van der Waals surface area contributed by atoms with E-state index in [4.69, 9.17) is 9.47 Å². The van der Waals surface area contributed by atoms with Gasteiger partial charge in [0.2, 0.25) is 5.78 Å². The molecule has 0 unspecified atom stereocenters. The molecule has 0 atom stereocenters.